The second kappa shape index (κ2) is 6.13. The monoisotopic (exact) mass is 334 g/mol. The maximum Gasteiger partial charge on any atom is 0.173 e. The minimum atomic E-state index is 0.0759. The minimum Gasteiger partial charge on any atom is -0.293 e. The number of benzene rings is 1. The number of thiazole rings is 1. The number of thioether (sulfide) groups is 1. The highest BCUT2D eigenvalue weighted by molar-refractivity contribution is 8.01. The number of hydrogen-bond acceptors (Lipinski definition) is 5. The predicted molar refractivity (Wildman–Crippen MR) is 88.7 cm³/mol. The van der Waals surface area contributed by atoms with Crippen LogP contribution in [0.25, 0.3) is 10.3 Å². The zero-order valence-electron chi connectivity index (χ0n) is 11.2. The molecule has 3 nitrogen and oxygen atoms in total. The van der Waals surface area contributed by atoms with Crippen LogP contribution in [-0.4, -0.2) is 21.5 Å². The summed E-state index contributed by atoms with van der Waals surface area (Å²) in [5.74, 6) is 0.438. The molecular weight excluding hydrogens is 324 g/mol. The quantitative estimate of drug-likeness (QED) is 0.515. The molecule has 3 aromatic rings. The van der Waals surface area contributed by atoms with Crippen molar-refractivity contribution in [2.45, 2.75) is 11.3 Å². The molecule has 0 aliphatic carbocycles. The number of hydrogen-bond donors (Lipinski definition) is 0. The minimum absolute atomic E-state index is 0.0759. The Morgan fingerprint density at radius 2 is 2.24 bits per heavy atom. The van der Waals surface area contributed by atoms with Crippen LogP contribution >= 0.6 is 34.7 Å². The molecule has 2 aromatic heterocycles. The molecule has 0 unspecified atom stereocenters. The summed E-state index contributed by atoms with van der Waals surface area (Å²) in [4.78, 5) is 21.8. The SMILES string of the molecule is Cc1cc(C(=O)CSc2nc3cccnc3s2)ccc1Cl. The number of aryl methyl sites for hydroxylation is 1. The van der Waals surface area contributed by atoms with Gasteiger partial charge in [-0.2, -0.15) is 0 Å². The molecule has 0 aliphatic rings. The highest BCUT2D eigenvalue weighted by Crippen LogP contribution is 2.28. The molecule has 21 heavy (non-hydrogen) atoms. The lowest BCUT2D eigenvalue weighted by Crippen LogP contribution is -2.02. The normalized spacial score (nSPS) is 11.0. The van der Waals surface area contributed by atoms with Crippen molar-refractivity contribution in [1.29, 1.82) is 0 Å². The molecule has 0 aliphatic heterocycles. The van der Waals surface area contributed by atoms with Crippen molar-refractivity contribution in [3.63, 3.8) is 0 Å². The third kappa shape index (κ3) is 3.26. The molecule has 2 heterocycles. The number of carbonyl (C=O) groups excluding carboxylic acids is 1. The molecule has 0 radical (unpaired) electrons. The van der Waals surface area contributed by atoms with Crippen molar-refractivity contribution in [3.05, 3.63) is 52.7 Å². The summed E-state index contributed by atoms with van der Waals surface area (Å²) in [5, 5.41) is 0.677. The van der Waals surface area contributed by atoms with Gasteiger partial charge in [-0.15, -0.1) is 0 Å². The maximum absolute atomic E-state index is 12.2. The topological polar surface area (TPSA) is 42.9 Å². The van der Waals surface area contributed by atoms with Gasteiger partial charge in [0.2, 0.25) is 0 Å². The highest BCUT2D eigenvalue weighted by Gasteiger charge is 2.11. The van der Waals surface area contributed by atoms with E-state index in [-0.39, 0.29) is 5.78 Å². The van der Waals surface area contributed by atoms with Crippen LogP contribution in [0.2, 0.25) is 5.02 Å². The summed E-state index contributed by atoms with van der Waals surface area (Å²) in [6, 6.07) is 9.13. The lowest BCUT2D eigenvalue weighted by molar-refractivity contribution is 0.102. The molecule has 0 atom stereocenters. The lowest BCUT2D eigenvalue weighted by atomic mass is 10.1. The lowest BCUT2D eigenvalue weighted by Gasteiger charge is -2.02. The largest absolute Gasteiger partial charge is 0.293 e. The van der Waals surface area contributed by atoms with E-state index in [1.54, 1.807) is 18.3 Å². The predicted octanol–water partition coefficient (Wildman–Crippen LogP) is 4.63. The zero-order chi connectivity index (χ0) is 14.8. The van der Waals surface area contributed by atoms with Gasteiger partial charge in [0.15, 0.2) is 10.1 Å². The van der Waals surface area contributed by atoms with E-state index in [2.05, 4.69) is 9.97 Å². The fraction of sp³-hybridized carbons (Fsp3) is 0.133. The van der Waals surface area contributed by atoms with Crippen molar-refractivity contribution >= 4 is 50.8 Å². The van der Waals surface area contributed by atoms with E-state index in [4.69, 9.17) is 11.6 Å². The Morgan fingerprint density at radius 1 is 1.38 bits per heavy atom. The average molecular weight is 335 g/mol. The standard InChI is InChI=1S/C15H11ClN2OS2/c1-9-7-10(4-5-11(9)16)13(19)8-20-15-18-12-3-2-6-17-14(12)21-15/h2-7H,8H2,1H3. The van der Waals surface area contributed by atoms with Crippen LogP contribution in [0.15, 0.2) is 40.9 Å². The van der Waals surface area contributed by atoms with Gasteiger partial charge in [0.05, 0.1) is 5.75 Å². The second-order valence-electron chi connectivity index (χ2n) is 4.48. The van der Waals surface area contributed by atoms with E-state index >= 15 is 0 Å². The van der Waals surface area contributed by atoms with Gasteiger partial charge in [0.25, 0.3) is 0 Å². The fourth-order valence-corrected chi connectivity index (χ4v) is 3.83. The molecule has 1 aromatic carbocycles. The van der Waals surface area contributed by atoms with Crippen LogP contribution in [0.1, 0.15) is 15.9 Å². The highest BCUT2D eigenvalue weighted by atomic mass is 35.5. The Hall–Kier alpha value is -1.43. The van der Waals surface area contributed by atoms with Crippen molar-refractivity contribution < 1.29 is 4.79 Å². The Bertz CT molecular complexity index is 783. The Labute approximate surface area is 135 Å². The van der Waals surface area contributed by atoms with Gasteiger partial charge < -0.3 is 0 Å². The van der Waals surface area contributed by atoms with Gasteiger partial charge in [-0.1, -0.05) is 34.7 Å². The number of rotatable bonds is 4. The molecule has 3 rings (SSSR count). The molecule has 0 spiro atoms. The molecule has 0 saturated heterocycles. The Morgan fingerprint density at radius 3 is 3.00 bits per heavy atom. The van der Waals surface area contributed by atoms with E-state index in [9.17, 15) is 4.79 Å². The van der Waals surface area contributed by atoms with Crippen molar-refractivity contribution in [3.8, 4) is 0 Å². The number of aromatic nitrogens is 2. The van der Waals surface area contributed by atoms with Gasteiger partial charge >= 0.3 is 0 Å². The van der Waals surface area contributed by atoms with Gasteiger partial charge in [-0.3, -0.25) is 4.79 Å². The third-order valence-electron chi connectivity index (χ3n) is 2.95. The van der Waals surface area contributed by atoms with Crippen LogP contribution in [0.4, 0.5) is 0 Å². The van der Waals surface area contributed by atoms with Crippen molar-refractivity contribution in [1.82, 2.24) is 9.97 Å². The molecule has 6 heteroatoms. The maximum atomic E-state index is 12.2. The number of fused-ring (bicyclic) bond motifs is 1. The average Bonchev–Trinajstić information content (AvgIpc) is 2.90. The number of pyridine rings is 1. The summed E-state index contributed by atoms with van der Waals surface area (Å²) < 4.78 is 0.864. The number of Topliss-reactive ketones (excluding diaryl/α,β-unsaturated/α-hetero) is 1. The first-order valence-corrected chi connectivity index (χ1v) is 8.45. The summed E-state index contributed by atoms with van der Waals surface area (Å²) >= 11 is 8.92. The molecule has 106 valence electrons. The van der Waals surface area contributed by atoms with Crippen LogP contribution < -0.4 is 0 Å². The Kier molecular flexibility index (Phi) is 4.24. The molecular formula is C15H11ClN2OS2. The number of carbonyl (C=O) groups is 1. The van der Waals surface area contributed by atoms with Crippen molar-refractivity contribution in [2.75, 3.05) is 5.75 Å². The summed E-state index contributed by atoms with van der Waals surface area (Å²) in [6.45, 7) is 1.89. The van der Waals surface area contributed by atoms with Crippen LogP contribution in [0.5, 0.6) is 0 Å². The first-order chi connectivity index (χ1) is 10.1. The molecule has 0 bridgehead atoms. The first-order valence-electron chi connectivity index (χ1n) is 6.27. The van der Waals surface area contributed by atoms with Crippen molar-refractivity contribution in [2.24, 2.45) is 0 Å². The second-order valence-corrected chi connectivity index (χ2v) is 7.09. The first kappa shape index (κ1) is 14.5. The third-order valence-corrected chi connectivity index (χ3v) is 5.50. The van der Waals surface area contributed by atoms with Gasteiger partial charge in [-0.05, 0) is 42.8 Å². The van der Waals surface area contributed by atoms with E-state index in [1.807, 2.05) is 25.1 Å². The van der Waals surface area contributed by atoms with E-state index in [0.29, 0.717) is 16.3 Å². The summed E-state index contributed by atoms with van der Waals surface area (Å²) in [7, 11) is 0. The smallest absolute Gasteiger partial charge is 0.173 e. The van der Waals surface area contributed by atoms with Crippen LogP contribution in [0.3, 0.4) is 0 Å². The van der Waals surface area contributed by atoms with Crippen LogP contribution in [-0.2, 0) is 0 Å². The number of nitrogens with zero attached hydrogens (tertiary/aromatic N) is 2. The van der Waals surface area contributed by atoms with E-state index in [0.717, 1.165) is 20.3 Å². The van der Waals surface area contributed by atoms with Crippen LogP contribution in [0, 0.1) is 6.92 Å². The number of ketones is 1. The summed E-state index contributed by atoms with van der Waals surface area (Å²) in [5.41, 5.74) is 2.47. The zero-order valence-corrected chi connectivity index (χ0v) is 13.6. The molecule has 0 saturated carbocycles. The fourth-order valence-electron chi connectivity index (χ4n) is 1.84. The van der Waals surface area contributed by atoms with Gasteiger partial charge in [-0.25, -0.2) is 9.97 Å². The summed E-state index contributed by atoms with van der Waals surface area (Å²) in [6.07, 6.45) is 1.75. The number of halogens is 1. The van der Waals surface area contributed by atoms with E-state index < -0.39 is 0 Å². The molecule has 0 fully saturated rings. The Balaban J connectivity index is 1.71. The molecule has 0 N–H and O–H groups in total. The van der Waals surface area contributed by atoms with Gasteiger partial charge in [0, 0.05) is 16.8 Å². The van der Waals surface area contributed by atoms with E-state index in [1.165, 1.54) is 23.1 Å². The molecule has 0 amide bonds. The van der Waals surface area contributed by atoms with Gasteiger partial charge in [0.1, 0.15) is 10.3 Å².